The van der Waals surface area contributed by atoms with E-state index in [1.165, 1.54) is 0 Å². The van der Waals surface area contributed by atoms with Crippen molar-refractivity contribution in [2.45, 2.75) is 19.9 Å². The summed E-state index contributed by atoms with van der Waals surface area (Å²) in [7, 11) is 3.98. The summed E-state index contributed by atoms with van der Waals surface area (Å²) in [5.74, 6) is 0.297. The smallest absolute Gasteiger partial charge is 0.278 e. The van der Waals surface area contributed by atoms with Crippen molar-refractivity contribution in [3.8, 4) is 5.69 Å². The zero-order chi connectivity index (χ0) is 19.8. The van der Waals surface area contributed by atoms with Gasteiger partial charge >= 0.3 is 0 Å². The minimum absolute atomic E-state index is 0.0179. The number of anilines is 3. The van der Waals surface area contributed by atoms with Crippen molar-refractivity contribution in [2.24, 2.45) is 0 Å². The van der Waals surface area contributed by atoms with Crippen molar-refractivity contribution in [1.29, 1.82) is 0 Å². The summed E-state index contributed by atoms with van der Waals surface area (Å²) in [4.78, 5) is 26.0. The predicted octanol–water partition coefficient (Wildman–Crippen LogP) is 2.15. The van der Waals surface area contributed by atoms with Crippen LogP contribution in [0.2, 0.25) is 0 Å². The van der Waals surface area contributed by atoms with E-state index in [0.29, 0.717) is 12.5 Å². The van der Waals surface area contributed by atoms with Gasteiger partial charge in [-0.25, -0.2) is 9.97 Å². The van der Waals surface area contributed by atoms with E-state index in [1.54, 1.807) is 10.8 Å². The number of aryl methyl sites for hydroxylation is 1. The second-order valence-electron chi connectivity index (χ2n) is 7.31. The molecule has 4 rings (SSSR count). The Morgan fingerprint density at radius 3 is 2.82 bits per heavy atom. The molecule has 2 N–H and O–H groups in total. The highest BCUT2D eigenvalue weighted by Crippen LogP contribution is 2.24. The van der Waals surface area contributed by atoms with Gasteiger partial charge in [-0.2, -0.15) is 0 Å². The molecule has 0 atom stereocenters. The summed E-state index contributed by atoms with van der Waals surface area (Å²) in [6.07, 6.45) is 4.35. The van der Waals surface area contributed by atoms with Gasteiger partial charge < -0.3 is 15.5 Å². The Bertz CT molecular complexity index is 1090. The number of fused-ring (bicyclic) bond motifs is 1. The number of hydrogen-bond donors (Lipinski definition) is 1. The summed E-state index contributed by atoms with van der Waals surface area (Å²) in [5, 5.41) is 0. The van der Waals surface area contributed by atoms with Gasteiger partial charge in [-0.3, -0.25) is 9.36 Å². The van der Waals surface area contributed by atoms with Crippen molar-refractivity contribution >= 4 is 17.3 Å². The number of rotatable bonds is 3. The molecule has 0 radical (unpaired) electrons. The van der Waals surface area contributed by atoms with E-state index in [-0.39, 0.29) is 5.56 Å². The van der Waals surface area contributed by atoms with Gasteiger partial charge in [0, 0.05) is 57.3 Å². The Morgan fingerprint density at radius 1 is 1.21 bits per heavy atom. The van der Waals surface area contributed by atoms with Crippen molar-refractivity contribution in [2.75, 3.05) is 36.2 Å². The lowest BCUT2D eigenvalue weighted by Crippen LogP contribution is -2.37. The summed E-state index contributed by atoms with van der Waals surface area (Å²) in [6.45, 7) is 3.31. The summed E-state index contributed by atoms with van der Waals surface area (Å²) >= 11 is 0. The number of nitrogens with zero attached hydrogens (tertiary/aromatic N) is 5. The van der Waals surface area contributed by atoms with Crippen LogP contribution in [0.5, 0.6) is 0 Å². The molecule has 0 fully saturated rings. The van der Waals surface area contributed by atoms with Gasteiger partial charge in [0.25, 0.3) is 5.56 Å². The summed E-state index contributed by atoms with van der Waals surface area (Å²) < 4.78 is 1.71. The topological polar surface area (TPSA) is 80.3 Å². The first-order valence-corrected chi connectivity index (χ1v) is 9.29. The van der Waals surface area contributed by atoms with Crippen LogP contribution in [0, 0.1) is 6.92 Å². The number of aromatic nitrogens is 3. The van der Waals surface area contributed by atoms with Crippen molar-refractivity contribution in [3.05, 3.63) is 69.9 Å². The van der Waals surface area contributed by atoms with Crippen LogP contribution in [0.1, 0.15) is 16.8 Å². The van der Waals surface area contributed by atoms with Crippen LogP contribution in [-0.2, 0) is 13.0 Å². The lowest BCUT2D eigenvalue weighted by atomic mass is 10.1. The molecule has 0 saturated heterocycles. The third-order valence-electron chi connectivity index (χ3n) is 5.16. The number of nitrogens with two attached hydrogens (primary N) is 1. The molecule has 7 heteroatoms. The maximum absolute atomic E-state index is 13.4. The second-order valence-corrected chi connectivity index (χ2v) is 7.31. The molecule has 1 aliphatic rings. The van der Waals surface area contributed by atoms with Gasteiger partial charge in [0.2, 0.25) is 5.95 Å². The van der Waals surface area contributed by atoms with Gasteiger partial charge in [-0.15, -0.1) is 0 Å². The zero-order valence-corrected chi connectivity index (χ0v) is 16.4. The lowest BCUT2D eigenvalue weighted by Gasteiger charge is -2.30. The van der Waals surface area contributed by atoms with Crippen molar-refractivity contribution in [1.82, 2.24) is 14.5 Å². The molecular weight excluding hydrogens is 352 g/mol. The van der Waals surface area contributed by atoms with E-state index in [4.69, 9.17) is 5.73 Å². The SMILES string of the molecule is Cc1ccn(-c2cccc(N(C)C)c2)c(=O)c1N1CCc2nc(N)ncc2C1. The molecule has 0 amide bonds. The molecule has 3 heterocycles. The molecule has 3 aromatic rings. The normalized spacial score (nSPS) is 13.3. The van der Waals surface area contributed by atoms with E-state index in [2.05, 4.69) is 14.9 Å². The van der Waals surface area contributed by atoms with Gasteiger partial charge in [0.1, 0.15) is 5.69 Å². The largest absolute Gasteiger partial charge is 0.378 e. The molecule has 0 spiro atoms. The van der Waals surface area contributed by atoms with Crippen LogP contribution in [0.25, 0.3) is 5.69 Å². The fourth-order valence-electron chi connectivity index (χ4n) is 3.65. The van der Waals surface area contributed by atoms with E-state index < -0.39 is 0 Å². The first-order chi connectivity index (χ1) is 13.4. The van der Waals surface area contributed by atoms with E-state index in [9.17, 15) is 4.79 Å². The van der Waals surface area contributed by atoms with Crippen molar-refractivity contribution in [3.63, 3.8) is 0 Å². The Kier molecular flexibility index (Phi) is 4.50. The summed E-state index contributed by atoms with van der Waals surface area (Å²) in [5.41, 5.74) is 11.3. The third kappa shape index (κ3) is 3.19. The third-order valence-corrected chi connectivity index (χ3v) is 5.16. The highest BCUT2D eigenvalue weighted by molar-refractivity contribution is 5.57. The number of nitrogen functional groups attached to an aromatic ring is 1. The predicted molar refractivity (Wildman–Crippen MR) is 112 cm³/mol. The molecule has 7 nitrogen and oxygen atoms in total. The fourth-order valence-corrected chi connectivity index (χ4v) is 3.65. The first kappa shape index (κ1) is 18.0. The highest BCUT2D eigenvalue weighted by Gasteiger charge is 2.22. The highest BCUT2D eigenvalue weighted by atomic mass is 16.1. The number of hydrogen-bond acceptors (Lipinski definition) is 6. The van der Waals surface area contributed by atoms with Crippen molar-refractivity contribution < 1.29 is 0 Å². The molecule has 0 saturated carbocycles. The molecule has 144 valence electrons. The van der Waals surface area contributed by atoms with Gasteiger partial charge in [0.05, 0.1) is 11.4 Å². The van der Waals surface area contributed by atoms with E-state index in [0.717, 1.165) is 46.8 Å². The van der Waals surface area contributed by atoms with Crippen LogP contribution in [0.4, 0.5) is 17.3 Å². The molecule has 1 aliphatic heterocycles. The molecule has 2 aromatic heterocycles. The Morgan fingerprint density at radius 2 is 2.04 bits per heavy atom. The van der Waals surface area contributed by atoms with Crippen LogP contribution in [0.3, 0.4) is 0 Å². The fraction of sp³-hybridized carbons (Fsp3) is 0.286. The second kappa shape index (κ2) is 6.99. The Labute approximate surface area is 164 Å². The Hall–Kier alpha value is -3.35. The molecule has 1 aromatic carbocycles. The van der Waals surface area contributed by atoms with Crippen LogP contribution >= 0.6 is 0 Å². The molecule has 28 heavy (non-hydrogen) atoms. The average Bonchev–Trinajstić information content (AvgIpc) is 2.68. The Balaban J connectivity index is 1.75. The lowest BCUT2D eigenvalue weighted by molar-refractivity contribution is 0.698. The van der Waals surface area contributed by atoms with Crippen LogP contribution in [0.15, 0.2) is 47.5 Å². The zero-order valence-electron chi connectivity index (χ0n) is 16.4. The molecule has 0 aliphatic carbocycles. The quantitative estimate of drug-likeness (QED) is 0.754. The van der Waals surface area contributed by atoms with Gasteiger partial charge in [-0.05, 0) is 36.8 Å². The van der Waals surface area contributed by atoms with Gasteiger partial charge in [0.15, 0.2) is 0 Å². The molecule has 0 unspecified atom stereocenters. The van der Waals surface area contributed by atoms with Gasteiger partial charge in [-0.1, -0.05) is 6.07 Å². The maximum atomic E-state index is 13.4. The van der Waals surface area contributed by atoms with Crippen LogP contribution < -0.4 is 21.1 Å². The monoisotopic (exact) mass is 376 g/mol. The maximum Gasteiger partial charge on any atom is 0.278 e. The molecular formula is C21H24N6O. The minimum atomic E-state index is -0.0179. The van der Waals surface area contributed by atoms with E-state index >= 15 is 0 Å². The standard InChI is InChI=1S/C21H24N6O/c1-14-7-10-27(17-6-4-5-16(11-17)25(2)3)20(28)19(14)26-9-8-18-15(13-26)12-23-21(22)24-18/h4-7,10-12H,8-9,13H2,1-3H3,(H2,22,23,24). The number of pyridine rings is 1. The van der Waals surface area contributed by atoms with E-state index in [1.807, 2.05) is 62.4 Å². The van der Waals surface area contributed by atoms with Crippen LogP contribution in [-0.4, -0.2) is 35.2 Å². The number of benzene rings is 1. The molecule has 0 bridgehead atoms. The average molecular weight is 376 g/mol. The minimum Gasteiger partial charge on any atom is -0.378 e. The first-order valence-electron chi connectivity index (χ1n) is 9.29. The summed E-state index contributed by atoms with van der Waals surface area (Å²) in [6, 6.07) is 9.96.